The fourth-order valence-electron chi connectivity index (χ4n) is 1.88. The Morgan fingerprint density at radius 3 is 2.75 bits per heavy atom. The van der Waals surface area contributed by atoms with Crippen molar-refractivity contribution in [3.8, 4) is 0 Å². The molecule has 5 heteroatoms. The molecule has 0 unspecified atom stereocenters. The van der Waals surface area contributed by atoms with E-state index in [9.17, 15) is 4.79 Å². The highest BCUT2D eigenvalue weighted by Crippen LogP contribution is 2.14. The minimum Gasteiger partial charge on any atom is -0.381 e. The highest BCUT2D eigenvalue weighted by Gasteiger charge is 2.25. The van der Waals surface area contributed by atoms with Crippen LogP contribution in [0.25, 0.3) is 0 Å². The van der Waals surface area contributed by atoms with Crippen LogP contribution in [0.2, 0.25) is 0 Å². The quantitative estimate of drug-likeness (QED) is 0.776. The summed E-state index contributed by atoms with van der Waals surface area (Å²) in [4.78, 5) is 13.8. The molecule has 4 nitrogen and oxygen atoms in total. The summed E-state index contributed by atoms with van der Waals surface area (Å²) in [7, 11) is 1.86. The van der Waals surface area contributed by atoms with Crippen LogP contribution in [0.15, 0.2) is 0 Å². The molecule has 2 N–H and O–H groups in total. The number of thioether (sulfide) groups is 1. The van der Waals surface area contributed by atoms with Gasteiger partial charge in [0, 0.05) is 26.3 Å². The molecular weight excluding hydrogens is 224 g/mol. The topological polar surface area (TPSA) is 55.6 Å². The van der Waals surface area contributed by atoms with Crippen molar-refractivity contribution >= 4 is 17.7 Å². The zero-order valence-electron chi connectivity index (χ0n) is 10.1. The van der Waals surface area contributed by atoms with Crippen molar-refractivity contribution < 1.29 is 9.53 Å². The molecule has 1 aliphatic heterocycles. The fourth-order valence-corrected chi connectivity index (χ4v) is 2.37. The number of nitrogens with zero attached hydrogens (tertiary/aromatic N) is 1. The number of carbonyl (C=O) groups excluding carboxylic acids is 1. The summed E-state index contributed by atoms with van der Waals surface area (Å²) in [6.07, 6.45) is 4.64. The van der Waals surface area contributed by atoms with E-state index < -0.39 is 0 Å². The van der Waals surface area contributed by atoms with Gasteiger partial charge in [0.05, 0.1) is 6.04 Å². The maximum Gasteiger partial charge on any atom is 0.239 e. The van der Waals surface area contributed by atoms with Crippen LogP contribution < -0.4 is 5.73 Å². The largest absolute Gasteiger partial charge is 0.381 e. The number of hydrogen-bond donors (Lipinski definition) is 1. The predicted molar refractivity (Wildman–Crippen MR) is 67.6 cm³/mol. The molecule has 0 aromatic heterocycles. The minimum absolute atomic E-state index is 0.0703. The third-order valence-electron chi connectivity index (χ3n) is 3.04. The molecule has 0 spiro atoms. The molecule has 1 saturated heterocycles. The van der Waals surface area contributed by atoms with Crippen molar-refractivity contribution in [3.63, 3.8) is 0 Å². The lowest BCUT2D eigenvalue weighted by molar-refractivity contribution is -0.135. The predicted octanol–water partition coefficient (Wildman–Crippen LogP) is 0.704. The van der Waals surface area contributed by atoms with E-state index in [1.54, 1.807) is 11.8 Å². The van der Waals surface area contributed by atoms with Gasteiger partial charge < -0.3 is 15.4 Å². The summed E-state index contributed by atoms with van der Waals surface area (Å²) in [6, 6.07) is -0.0399. The van der Waals surface area contributed by atoms with E-state index in [0.717, 1.165) is 38.2 Å². The van der Waals surface area contributed by atoms with Crippen LogP contribution in [0.3, 0.4) is 0 Å². The standard InChI is InChI=1S/C11H22N2O2S/c1-13(9-3-6-15-7-4-9)11(14)10(12)5-8-16-2/h9-10H,3-8,12H2,1-2H3/t10-/m0/s1. The molecule has 0 aliphatic carbocycles. The van der Waals surface area contributed by atoms with Crippen molar-refractivity contribution in [2.45, 2.75) is 31.3 Å². The van der Waals surface area contributed by atoms with Gasteiger partial charge in [-0.1, -0.05) is 0 Å². The zero-order chi connectivity index (χ0) is 12.0. The molecule has 1 atom stereocenters. The lowest BCUT2D eigenvalue weighted by atomic mass is 10.1. The van der Waals surface area contributed by atoms with Gasteiger partial charge in [-0.25, -0.2) is 0 Å². The normalized spacial score (nSPS) is 19.4. The van der Waals surface area contributed by atoms with Gasteiger partial charge in [0.15, 0.2) is 0 Å². The molecule has 1 amide bonds. The van der Waals surface area contributed by atoms with E-state index in [4.69, 9.17) is 10.5 Å². The van der Waals surface area contributed by atoms with Crippen molar-refractivity contribution in [2.24, 2.45) is 5.73 Å². The maximum absolute atomic E-state index is 12.0. The van der Waals surface area contributed by atoms with Gasteiger partial charge in [0.1, 0.15) is 0 Å². The second-order valence-electron chi connectivity index (χ2n) is 4.18. The van der Waals surface area contributed by atoms with Crippen molar-refractivity contribution in [1.82, 2.24) is 4.90 Å². The summed E-state index contributed by atoms with van der Waals surface area (Å²) < 4.78 is 5.28. The Bertz CT molecular complexity index is 220. The van der Waals surface area contributed by atoms with Gasteiger partial charge in [-0.3, -0.25) is 4.79 Å². The fraction of sp³-hybridized carbons (Fsp3) is 0.909. The summed E-state index contributed by atoms with van der Waals surface area (Å²) in [5.74, 6) is 1.01. The highest BCUT2D eigenvalue weighted by atomic mass is 32.2. The van der Waals surface area contributed by atoms with E-state index in [1.807, 2.05) is 18.2 Å². The Morgan fingerprint density at radius 1 is 1.56 bits per heavy atom. The second kappa shape index (κ2) is 7.14. The zero-order valence-corrected chi connectivity index (χ0v) is 11.0. The van der Waals surface area contributed by atoms with Crippen LogP contribution in [-0.2, 0) is 9.53 Å². The monoisotopic (exact) mass is 246 g/mol. The van der Waals surface area contributed by atoms with Gasteiger partial charge in [-0.05, 0) is 31.3 Å². The Morgan fingerprint density at radius 2 is 2.19 bits per heavy atom. The van der Waals surface area contributed by atoms with Crippen LogP contribution in [0.1, 0.15) is 19.3 Å². The molecule has 1 rings (SSSR count). The van der Waals surface area contributed by atoms with Gasteiger partial charge in [0.25, 0.3) is 0 Å². The average molecular weight is 246 g/mol. The first kappa shape index (κ1) is 13.8. The summed E-state index contributed by atoms with van der Waals surface area (Å²) in [5, 5.41) is 0. The summed E-state index contributed by atoms with van der Waals surface area (Å²) in [6.45, 7) is 1.50. The van der Waals surface area contributed by atoms with E-state index >= 15 is 0 Å². The Balaban J connectivity index is 2.38. The highest BCUT2D eigenvalue weighted by molar-refractivity contribution is 7.98. The Kier molecular flexibility index (Phi) is 6.16. The maximum atomic E-state index is 12.0. The smallest absolute Gasteiger partial charge is 0.239 e. The first-order chi connectivity index (χ1) is 7.66. The SMILES string of the molecule is CSCC[C@H](N)C(=O)N(C)C1CCOCC1. The van der Waals surface area contributed by atoms with Crippen LogP contribution in [0.5, 0.6) is 0 Å². The van der Waals surface area contributed by atoms with Crippen molar-refractivity contribution in [3.05, 3.63) is 0 Å². The molecule has 0 aromatic carbocycles. The third kappa shape index (κ3) is 3.96. The molecule has 1 heterocycles. The van der Waals surface area contributed by atoms with Crippen LogP contribution in [0, 0.1) is 0 Å². The molecule has 1 aliphatic rings. The third-order valence-corrected chi connectivity index (χ3v) is 3.68. The van der Waals surface area contributed by atoms with Gasteiger partial charge in [-0.15, -0.1) is 0 Å². The van der Waals surface area contributed by atoms with E-state index in [2.05, 4.69) is 0 Å². The van der Waals surface area contributed by atoms with Crippen LogP contribution >= 0.6 is 11.8 Å². The first-order valence-electron chi connectivity index (χ1n) is 5.75. The number of carbonyl (C=O) groups is 1. The molecular formula is C11H22N2O2S. The minimum atomic E-state index is -0.347. The number of amides is 1. The molecule has 0 radical (unpaired) electrons. The first-order valence-corrected chi connectivity index (χ1v) is 7.15. The number of rotatable bonds is 5. The Labute approximate surface area is 102 Å². The average Bonchev–Trinajstić information content (AvgIpc) is 2.35. The molecule has 94 valence electrons. The summed E-state index contributed by atoms with van der Waals surface area (Å²) >= 11 is 1.72. The van der Waals surface area contributed by atoms with Crippen molar-refractivity contribution in [1.29, 1.82) is 0 Å². The van der Waals surface area contributed by atoms with Crippen molar-refractivity contribution in [2.75, 3.05) is 32.3 Å². The number of hydrogen-bond acceptors (Lipinski definition) is 4. The molecule has 16 heavy (non-hydrogen) atoms. The van der Waals surface area contributed by atoms with Gasteiger partial charge in [0.2, 0.25) is 5.91 Å². The van der Waals surface area contributed by atoms with E-state index in [1.165, 1.54) is 0 Å². The van der Waals surface area contributed by atoms with E-state index in [-0.39, 0.29) is 11.9 Å². The lowest BCUT2D eigenvalue weighted by Gasteiger charge is -2.32. The van der Waals surface area contributed by atoms with E-state index in [0.29, 0.717) is 6.04 Å². The van der Waals surface area contributed by atoms with Gasteiger partial charge in [-0.2, -0.15) is 11.8 Å². The Hall–Kier alpha value is -0.260. The second-order valence-corrected chi connectivity index (χ2v) is 5.17. The number of likely N-dealkylation sites (N-methyl/N-ethyl adjacent to an activating group) is 1. The van der Waals surface area contributed by atoms with Gasteiger partial charge >= 0.3 is 0 Å². The molecule has 0 aromatic rings. The number of nitrogens with two attached hydrogens (primary N) is 1. The molecule has 1 fully saturated rings. The number of ether oxygens (including phenoxy) is 1. The summed E-state index contributed by atoms with van der Waals surface area (Å²) in [5.41, 5.74) is 5.88. The molecule has 0 saturated carbocycles. The van der Waals surface area contributed by atoms with Crippen LogP contribution in [-0.4, -0.2) is 55.2 Å². The molecule has 0 bridgehead atoms. The lowest BCUT2D eigenvalue weighted by Crippen LogP contribution is -2.48. The van der Waals surface area contributed by atoms with Crippen LogP contribution in [0.4, 0.5) is 0 Å².